The van der Waals surface area contributed by atoms with E-state index in [1.165, 1.54) is 25.2 Å². The van der Waals surface area contributed by atoms with Gasteiger partial charge in [0.15, 0.2) is 6.10 Å². The summed E-state index contributed by atoms with van der Waals surface area (Å²) in [7, 11) is 3.11. The summed E-state index contributed by atoms with van der Waals surface area (Å²) in [5, 5.41) is 2.50. The van der Waals surface area contributed by atoms with Crippen LogP contribution in [0.4, 0.5) is 0 Å². The topological polar surface area (TPSA) is 72.5 Å². The number of halogens is 1. The Morgan fingerprint density at radius 2 is 2.00 bits per heavy atom. The first-order valence-corrected chi connectivity index (χ1v) is 8.98. The fraction of sp³-hybridized carbons (Fsp3) is 0.500. The summed E-state index contributed by atoms with van der Waals surface area (Å²) in [4.78, 5) is 11.6. The predicted molar refractivity (Wildman–Crippen MR) is 82.3 cm³/mol. The Labute approximate surface area is 130 Å². The molecule has 2 unspecified atom stereocenters. The third-order valence-electron chi connectivity index (χ3n) is 3.33. The predicted octanol–water partition coefficient (Wildman–Crippen LogP) is 2.64. The Balaban J connectivity index is 3.23. The van der Waals surface area contributed by atoms with Crippen molar-refractivity contribution in [2.75, 3.05) is 7.05 Å². The first kappa shape index (κ1) is 17.8. The van der Waals surface area contributed by atoms with E-state index >= 15 is 0 Å². The average Bonchev–Trinajstić information content (AvgIpc) is 2.44. The third-order valence-corrected chi connectivity index (χ3v) is 4.68. The first-order valence-electron chi connectivity index (χ1n) is 6.67. The van der Waals surface area contributed by atoms with Crippen LogP contribution in [-0.2, 0) is 13.8 Å². The number of likely N-dealkylation sites (N-methyl/N-ethyl adjacent to an activating group) is 1. The number of benzene rings is 1. The van der Waals surface area contributed by atoms with Gasteiger partial charge in [0.25, 0.3) is 15.0 Å². The molecule has 0 spiro atoms. The maximum atomic E-state index is 11.5. The van der Waals surface area contributed by atoms with E-state index in [9.17, 15) is 13.2 Å². The molecule has 0 aliphatic heterocycles. The minimum atomic E-state index is -3.80. The van der Waals surface area contributed by atoms with Gasteiger partial charge in [-0.25, -0.2) is 8.42 Å². The average molecular weight is 334 g/mol. The van der Waals surface area contributed by atoms with Crippen LogP contribution >= 0.6 is 10.7 Å². The third kappa shape index (κ3) is 4.61. The second kappa shape index (κ2) is 7.13. The standard InChI is InChI=1S/C14H20ClNO4S/c1-5-9(2)12-8-11(21(15,18)19)6-7-13(12)20-10(3)14(17)16-4/h6-10H,5H2,1-4H3,(H,16,17). The monoisotopic (exact) mass is 333 g/mol. The highest BCUT2D eigenvalue weighted by atomic mass is 35.7. The molecule has 2 atom stereocenters. The van der Waals surface area contributed by atoms with Crippen molar-refractivity contribution in [2.45, 2.75) is 44.1 Å². The number of hydrogen-bond donors (Lipinski definition) is 1. The molecule has 0 saturated carbocycles. The molecular formula is C14H20ClNO4S. The van der Waals surface area contributed by atoms with Crippen LogP contribution in [0, 0.1) is 0 Å². The number of amides is 1. The lowest BCUT2D eigenvalue weighted by Gasteiger charge is -2.19. The van der Waals surface area contributed by atoms with Gasteiger partial charge in [-0.05, 0) is 43.0 Å². The normalized spacial score (nSPS) is 14.3. The van der Waals surface area contributed by atoms with E-state index in [2.05, 4.69) is 5.32 Å². The second-order valence-corrected chi connectivity index (χ2v) is 7.39. The summed E-state index contributed by atoms with van der Waals surface area (Å²) >= 11 is 0. The lowest BCUT2D eigenvalue weighted by molar-refractivity contribution is -0.126. The SMILES string of the molecule is CCC(C)c1cc(S(=O)(=O)Cl)ccc1OC(C)C(=O)NC. The molecule has 1 N–H and O–H groups in total. The van der Waals surface area contributed by atoms with Crippen LogP contribution in [0.5, 0.6) is 5.75 Å². The van der Waals surface area contributed by atoms with Crippen molar-refractivity contribution in [1.82, 2.24) is 5.32 Å². The van der Waals surface area contributed by atoms with E-state index in [0.717, 1.165) is 12.0 Å². The van der Waals surface area contributed by atoms with Crippen molar-refractivity contribution < 1.29 is 17.9 Å². The van der Waals surface area contributed by atoms with Crippen molar-refractivity contribution in [2.24, 2.45) is 0 Å². The van der Waals surface area contributed by atoms with Crippen molar-refractivity contribution in [3.8, 4) is 5.75 Å². The Kier molecular flexibility index (Phi) is 6.04. The van der Waals surface area contributed by atoms with Gasteiger partial charge < -0.3 is 10.1 Å². The van der Waals surface area contributed by atoms with Crippen LogP contribution in [0.2, 0.25) is 0 Å². The summed E-state index contributed by atoms with van der Waals surface area (Å²) in [5.74, 6) is 0.318. The van der Waals surface area contributed by atoms with Gasteiger partial charge >= 0.3 is 0 Å². The van der Waals surface area contributed by atoms with Crippen LogP contribution < -0.4 is 10.1 Å². The highest BCUT2D eigenvalue weighted by Gasteiger charge is 2.20. The highest BCUT2D eigenvalue weighted by Crippen LogP contribution is 2.32. The number of hydrogen-bond acceptors (Lipinski definition) is 4. The number of carbonyl (C=O) groups excluding carboxylic acids is 1. The summed E-state index contributed by atoms with van der Waals surface area (Å²) in [6.07, 6.45) is 0.132. The molecule has 0 heterocycles. The van der Waals surface area contributed by atoms with Crippen molar-refractivity contribution in [3.63, 3.8) is 0 Å². The lowest BCUT2D eigenvalue weighted by atomic mass is 9.98. The van der Waals surface area contributed by atoms with Crippen LogP contribution in [0.1, 0.15) is 38.7 Å². The zero-order valence-corrected chi connectivity index (χ0v) is 14.1. The van der Waals surface area contributed by atoms with Crippen molar-refractivity contribution in [1.29, 1.82) is 0 Å². The largest absolute Gasteiger partial charge is 0.481 e. The molecule has 0 fully saturated rings. The number of ether oxygens (including phenoxy) is 1. The van der Waals surface area contributed by atoms with E-state index < -0.39 is 15.2 Å². The van der Waals surface area contributed by atoms with Crippen molar-refractivity contribution in [3.05, 3.63) is 23.8 Å². The molecule has 1 aromatic carbocycles. The van der Waals surface area contributed by atoms with Gasteiger partial charge in [-0.2, -0.15) is 0 Å². The number of rotatable bonds is 6. The summed E-state index contributed by atoms with van der Waals surface area (Å²) in [6.45, 7) is 5.57. The van der Waals surface area contributed by atoms with Gasteiger partial charge in [-0.3, -0.25) is 4.79 Å². The maximum absolute atomic E-state index is 11.5. The zero-order valence-electron chi connectivity index (χ0n) is 12.5. The van der Waals surface area contributed by atoms with E-state index in [1.54, 1.807) is 6.92 Å². The molecular weight excluding hydrogens is 314 g/mol. The van der Waals surface area contributed by atoms with Gasteiger partial charge in [0.05, 0.1) is 4.90 Å². The van der Waals surface area contributed by atoms with E-state index in [4.69, 9.17) is 15.4 Å². The molecule has 1 rings (SSSR count). The van der Waals surface area contributed by atoms with Crippen LogP contribution in [0.15, 0.2) is 23.1 Å². The molecule has 21 heavy (non-hydrogen) atoms. The summed E-state index contributed by atoms with van der Waals surface area (Å²) in [5.41, 5.74) is 0.718. The quantitative estimate of drug-likeness (QED) is 0.812. The summed E-state index contributed by atoms with van der Waals surface area (Å²) < 4.78 is 28.5. The Hall–Kier alpha value is -1.27. The molecule has 0 aromatic heterocycles. The summed E-state index contributed by atoms with van der Waals surface area (Å²) in [6, 6.07) is 4.42. The fourth-order valence-corrected chi connectivity index (χ4v) is 2.62. The zero-order chi connectivity index (χ0) is 16.2. The molecule has 0 radical (unpaired) electrons. The smallest absolute Gasteiger partial charge is 0.261 e. The van der Waals surface area contributed by atoms with Gasteiger partial charge in [0.2, 0.25) is 0 Å². The maximum Gasteiger partial charge on any atom is 0.261 e. The molecule has 0 bridgehead atoms. The Morgan fingerprint density at radius 3 is 2.48 bits per heavy atom. The molecule has 118 valence electrons. The van der Waals surface area contributed by atoms with E-state index in [0.29, 0.717) is 5.75 Å². The van der Waals surface area contributed by atoms with Crippen LogP contribution in [-0.4, -0.2) is 27.5 Å². The minimum Gasteiger partial charge on any atom is -0.481 e. The van der Waals surface area contributed by atoms with Crippen LogP contribution in [0.3, 0.4) is 0 Å². The number of nitrogens with one attached hydrogen (secondary N) is 1. The van der Waals surface area contributed by atoms with E-state index in [-0.39, 0.29) is 16.7 Å². The van der Waals surface area contributed by atoms with Gasteiger partial charge in [-0.15, -0.1) is 0 Å². The molecule has 7 heteroatoms. The Morgan fingerprint density at radius 1 is 1.38 bits per heavy atom. The first-order chi connectivity index (χ1) is 9.70. The number of carbonyl (C=O) groups is 1. The van der Waals surface area contributed by atoms with Gasteiger partial charge in [-0.1, -0.05) is 13.8 Å². The molecule has 0 saturated heterocycles. The molecule has 0 aliphatic rings. The molecule has 1 amide bonds. The fourth-order valence-electron chi connectivity index (χ4n) is 1.84. The van der Waals surface area contributed by atoms with Crippen molar-refractivity contribution >= 4 is 25.6 Å². The van der Waals surface area contributed by atoms with E-state index in [1.807, 2.05) is 13.8 Å². The van der Waals surface area contributed by atoms with Crippen LogP contribution in [0.25, 0.3) is 0 Å². The second-order valence-electron chi connectivity index (χ2n) is 4.82. The Bertz CT molecular complexity index is 615. The van der Waals surface area contributed by atoms with Gasteiger partial charge in [0.1, 0.15) is 5.75 Å². The molecule has 0 aliphatic carbocycles. The lowest BCUT2D eigenvalue weighted by Crippen LogP contribution is -2.34. The highest BCUT2D eigenvalue weighted by molar-refractivity contribution is 8.13. The molecule has 5 nitrogen and oxygen atoms in total. The minimum absolute atomic E-state index is 0.0272. The van der Waals surface area contributed by atoms with Gasteiger partial charge in [0, 0.05) is 17.7 Å². The molecule has 1 aromatic rings.